The van der Waals surface area contributed by atoms with Crippen LogP contribution in [0.3, 0.4) is 0 Å². The minimum atomic E-state index is -0.791. The number of hydrogen-bond donors (Lipinski definition) is 1. The number of hydrogen-bond acceptors (Lipinski definition) is 6. The molecule has 1 aliphatic rings. The maximum atomic E-state index is 13.4. The van der Waals surface area contributed by atoms with Crippen LogP contribution in [0.2, 0.25) is 0 Å². The van der Waals surface area contributed by atoms with Gasteiger partial charge in [-0.1, -0.05) is 49.4 Å². The highest BCUT2D eigenvalue weighted by Crippen LogP contribution is 2.39. The highest BCUT2D eigenvalue weighted by Gasteiger charge is 2.34. The Morgan fingerprint density at radius 2 is 1.77 bits per heavy atom. The summed E-state index contributed by atoms with van der Waals surface area (Å²) in [5.41, 5.74) is 1.66. The highest BCUT2D eigenvalue weighted by molar-refractivity contribution is 5.98. The largest absolute Gasteiger partial charge is 0.489 e. The van der Waals surface area contributed by atoms with E-state index in [1.165, 1.54) is 0 Å². The SMILES string of the molecule is CCOC(=O)NC(=O)CN(CC)CC(=O)N1c2ccccc2OC[C@H]1c1ccccc1. The smallest absolute Gasteiger partial charge is 0.413 e. The van der Waals surface area contributed by atoms with Gasteiger partial charge in [0.2, 0.25) is 11.8 Å². The molecular formula is C23H27N3O5. The van der Waals surface area contributed by atoms with Gasteiger partial charge in [0.05, 0.1) is 31.4 Å². The molecule has 0 aliphatic carbocycles. The van der Waals surface area contributed by atoms with Gasteiger partial charge in [-0.3, -0.25) is 24.7 Å². The molecule has 8 nitrogen and oxygen atoms in total. The predicted molar refractivity (Wildman–Crippen MR) is 116 cm³/mol. The first-order valence-electron chi connectivity index (χ1n) is 10.3. The minimum Gasteiger partial charge on any atom is -0.489 e. The van der Waals surface area contributed by atoms with Crippen LogP contribution in [0.15, 0.2) is 54.6 Å². The van der Waals surface area contributed by atoms with Gasteiger partial charge in [0.25, 0.3) is 0 Å². The van der Waals surface area contributed by atoms with Crippen molar-refractivity contribution in [1.82, 2.24) is 10.2 Å². The van der Waals surface area contributed by atoms with Crippen LogP contribution in [0.5, 0.6) is 5.75 Å². The fourth-order valence-electron chi connectivity index (χ4n) is 3.49. The molecule has 0 saturated carbocycles. The van der Waals surface area contributed by atoms with Crippen LogP contribution in [0.1, 0.15) is 25.5 Å². The van der Waals surface area contributed by atoms with E-state index in [-0.39, 0.29) is 31.6 Å². The summed E-state index contributed by atoms with van der Waals surface area (Å²) in [6.07, 6.45) is -0.791. The summed E-state index contributed by atoms with van der Waals surface area (Å²) in [4.78, 5) is 40.4. The van der Waals surface area contributed by atoms with Crippen molar-refractivity contribution in [2.24, 2.45) is 0 Å². The topological polar surface area (TPSA) is 88.2 Å². The van der Waals surface area contributed by atoms with E-state index in [4.69, 9.17) is 9.47 Å². The monoisotopic (exact) mass is 425 g/mol. The van der Waals surface area contributed by atoms with E-state index in [1.54, 1.807) is 16.7 Å². The number of benzene rings is 2. The number of nitrogens with zero attached hydrogens (tertiary/aromatic N) is 2. The standard InChI is InChI=1S/C23H27N3O5/c1-3-25(14-21(27)24-23(29)30-4-2)15-22(28)26-18-12-8-9-13-20(18)31-16-19(26)17-10-6-5-7-11-17/h5-13,19H,3-4,14-16H2,1-2H3,(H,24,27,29)/t19-/m0/s1. The molecule has 31 heavy (non-hydrogen) atoms. The van der Waals surface area contributed by atoms with Gasteiger partial charge in [0.1, 0.15) is 12.4 Å². The molecule has 1 aliphatic heterocycles. The van der Waals surface area contributed by atoms with Crippen molar-refractivity contribution in [1.29, 1.82) is 0 Å². The van der Waals surface area contributed by atoms with Crippen LogP contribution < -0.4 is 15.0 Å². The third-order valence-corrected chi connectivity index (χ3v) is 4.98. The van der Waals surface area contributed by atoms with Crippen LogP contribution in [0.4, 0.5) is 10.5 Å². The predicted octanol–water partition coefficient (Wildman–Crippen LogP) is 2.75. The van der Waals surface area contributed by atoms with Gasteiger partial charge < -0.3 is 9.47 Å². The molecule has 0 bridgehead atoms. The van der Waals surface area contributed by atoms with Crippen molar-refractivity contribution in [3.63, 3.8) is 0 Å². The van der Waals surface area contributed by atoms with E-state index in [0.717, 1.165) is 5.56 Å². The van der Waals surface area contributed by atoms with E-state index in [1.807, 2.05) is 61.5 Å². The fraction of sp³-hybridized carbons (Fsp3) is 0.348. The quantitative estimate of drug-likeness (QED) is 0.734. The first-order chi connectivity index (χ1) is 15.0. The lowest BCUT2D eigenvalue weighted by Crippen LogP contribution is -2.48. The van der Waals surface area contributed by atoms with Gasteiger partial charge in [0, 0.05) is 0 Å². The molecule has 0 aromatic heterocycles. The number of carbonyl (C=O) groups excluding carboxylic acids is 3. The summed E-state index contributed by atoms with van der Waals surface area (Å²) >= 11 is 0. The molecule has 8 heteroatoms. The number of anilines is 1. The van der Waals surface area contributed by atoms with Crippen LogP contribution >= 0.6 is 0 Å². The van der Waals surface area contributed by atoms with Crippen LogP contribution in [0, 0.1) is 0 Å². The first-order valence-corrected chi connectivity index (χ1v) is 10.3. The second-order valence-electron chi connectivity index (χ2n) is 7.04. The zero-order valence-corrected chi connectivity index (χ0v) is 17.7. The summed E-state index contributed by atoms with van der Waals surface area (Å²) < 4.78 is 10.6. The Morgan fingerprint density at radius 3 is 2.48 bits per heavy atom. The van der Waals surface area contributed by atoms with Gasteiger partial charge in [-0.25, -0.2) is 4.79 Å². The van der Waals surface area contributed by atoms with Crippen molar-refractivity contribution < 1.29 is 23.9 Å². The zero-order valence-electron chi connectivity index (χ0n) is 17.7. The Hall–Kier alpha value is -3.39. The molecule has 0 radical (unpaired) electrons. The Bertz CT molecular complexity index is 918. The number of carbonyl (C=O) groups is 3. The van der Waals surface area contributed by atoms with Crippen molar-refractivity contribution >= 4 is 23.6 Å². The van der Waals surface area contributed by atoms with Gasteiger partial charge >= 0.3 is 6.09 Å². The van der Waals surface area contributed by atoms with E-state index in [9.17, 15) is 14.4 Å². The lowest BCUT2D eigenvalue weighted by molar-refractivity contribution is -0.123. The summed E-state index contributed by atoms with van der Waals surface area (Å²) in [7, 11) is 0. The number of likely N-dealkylation sites (N-methyl/N-ethyl adjacent to an activating group) is 1. The average molecular weight is 425 g/mol. The number of rotatable bonds is 7. The molecular weight excluding hydrogens is 398 g/mol. The maximum absolute atomic E-state index is 13.4. The Morgan fingerprint density at radius 1 is 1.06 bits per heavy atom. The third-order valence-electron chi connectivity index (χ3n) is 4.98. The highest BCUT2D eigenvalue weighted by atomic mass is 16.5. The van der Waals surface area contributed by atoms with Crippen LogP contribution in [0.25, 0.3) is 0 Å². The summed E-state index contributed by atoms with van der Waals surface area (Å²) in [5.74, 6) is -0.0309. The minimum absolute atomic E-state index is 0.0183. The van der Waals surface area contributed by atoms with E-state index < -0.39 is 12.0 Å². The fourth-order valence-corrected chi connectivity index (χ4v) is 3.49. The molecule has 3 amide bonds. The van der Waals surface area contributed by atoms with E-state index in [0.29, 0.717) is 24.6 Å². The lowest BCUT2D eigenvalue weighted by atomic mass is 10.0. The number of nitrogens with one attached hydrogen (secondary N) is 1. The molecule has 3 rings (SSSR count). The van der Waals surface area contributed by atoms with Crippen LogP contribution in [-0.4, -0.2) is 55.7 Å². The average Bonchev–Trinajstić information content (AvgIpc) is 2.78. The van der Waals surface area contributed by atoms with Gasteiger partial charge in [0.15, 0.2) is 0 Å². The van der Waals surface area contributed by atoms with E-state index >= 15 is 0 Å². The molecule has 2 aromatic rings. The summed E-state index contributed by atoms with van der Waals surface area (Å²) in [5, 5.41) is 2.16. The maximum Gasteiger partial charge on any atom is 0.413 e. The number of ether oxygens (including phenoxy) is 2. The molecule has 0 fully saturated rings. The molecule has 0 unspecified atom stereocenters. The Kier molecular flexibility index (Phi) is 7.61. The number of fused-ring (bicyclic) bond motifs is 1. The number of alkyl carbamates (subject to hydrolysis) is 1. The van der Waals surface area contributed by atoms with E-state index in [2.05, 4.69) is 5.32 Å². The summed E-state index contributed by atoms with van der Waals surface area (Å²) in [6.45, 7) is 4.41. The second kappa shape index (κ2) is 10.6. The lowest BCUT2D eigenvalue weighted by Gasteiger charge is -2.38. The van der Waals surface area contributed by atoms with Crippen LogP contribution in [-0.2, 0) is 14.3 Å². The van der Waals surface area contributed by atoms with Crippen molar-refractivity contribution in [2.75, 3.05) is 37.7 Å². The first kappa shape index (κ1) is 22.3. The third kappa shape index (κ3) is 5.61. The molecule has 0 spiro atoms. The molecule has 1 heterocycles. The number of amides is 3. The molecule has 164 valence electrons. The van der Waals surface area contributed by atoms with Gasteiger partial charge in [-0.2, -0.15) is 0 Å². The second-order valence-corrected chi connectivity index (χ2v) is 7.04. The van der Waals surface area contributed by atoms with Gasteiger partial charge in [-0.05, 0) is 31.2 Å². The molecule has 0 saturated heterocycles. The Balaban J connectivity index is 1.77. The Labute approximate surface area is 181 Å². The van der Waals surface area contributed by atoms with Crippen molar-refractivity contribution in [2.45, 2.75) is 19.9 Å². The molecule has 1 atom stereocenters. The molecule has 2 aromatic carbocycles. The van der Waals surface area contributed by atoms with Gasteiger partial charge in [-0.15, -0.1) is 0 Å². The van der Waals surface area contributed by atoms with Crippen molar-refractivity contribution in [3.8, 4) is 5.75 Å². The van der Waals surface area contributed by atoms with Crippen molar-refractivity contribution in [3.05, 3.63) is 60.2 Å². The number of para-hydroxylation sites is 2. The molecule has 1 N–H and O–H groups in total. The number of imide groups is 1. The zero-order chi connectivity index (χ0) is 22.2. The normalized spacial score (nSPS) is 15.1. The summed E-state index contributed by atoms with van der Waals surface area (Å²) in [6, 6.07) is 16.8.